The average Bonchev–Trinajstić information content (AvgIpc) is 1.99. The van der Waals surface area contributed by atoms with E-state index in [0.717, 1.165) is 12.1 Å². The van der Waals surface area contributed by atoms with Crippen LogP contribution in [0.2, 0.25) is 0 Å². The third-order valence-electron chi connectivity index (χ3n) is 1.75. The number of hydrogen-bond donors (Lipinski definition) is 2. The summed E-state index contributed by atoms with van der Waals surface area (Å²) in [7, 11) is 0. The molecule has 82 valence electrons. The second-order valence-corrected chi connectivity index (χ2v) is 3.00. The van der Waals surface area contributed by atoms with Gasteiger partial charge in [-0.3, -0.25) is 5.41 Å². The molecule has 1 rings (SSSR count). The lowest BCUT2D eigenvalue weighted by Crippen LogP contribution is -2.17. The van der Waals surface area contributed by atoms with Crippen molar-refractivity contribution in [3.05, 3.63) is 35.1 Å². The van der Waals surface area contributed by atoms with Crippen LogP contribution in [0.15, 0.2) is 18.2 Å². The Balaban J connectivity index is 3.20. The summed E-state index contributed by atoms with van der Waals surface area (Å²) in [5, 5.41) is 6.89. The summed E-state index contributed by atoms with van der Waals surface area (Å²) >= 11 is 0. The van der Waals surface area contributed by atoms with Gasteiger partial charge in [0.2, 0.25) is 0 Å². The Labute approximate surface area is 83.2 Å². The van der Waals surface area contributed by atoms with Gasteiger partial charge in [0.1, 0.15) is 5.82 Å². The second kappa shape index (κ2) is 3.88. The largest absolute Gasteiger partial charge is 0.416 e. The predicted octanol–water partition coefficient (Wildman–Crippen LogP) is 2.32. The molecule has 0 spiro atoms. The molecule has 0 aromatic heterocycles. The highest BCUT2D eigenvalue weighted by Crippen LogP contribution is 2.32. The second-order valence-electron chi connectivity index (χ2n) is 3.00. The number of halogens is 4. The van der Waals surface area contributed by atoms with Gasteiger partial charge in [-0.05, 0) is 23.8 Å². The summed E-state index contributed by atoms with van der Waals surface area (Å²) in [6.07, 6.45) is -4.97. The Kier molecular flexibility index (Phi) is 2.97. The SMILES string of the molecule is N=C(N)Cc1cc(F)ccc1C(F)(F)F. The first-order chi connectivity index (χ1) is 6.80. The highest BCUT2D eigenvalue weighted by molar-refractivity contribution is 5.79. The molecule has 0 heterocycles. The zero-order valence-corrected chi connectivity index (χ0v) is 7.53. The van der Waals surface area contributed by atoms with Crippen molar-refractivity contribution in [1.82, 2.24) is 0 Å². The van der Waals surface area contributed by atoms with E-state index < -0.39 is 29.8 Å². The van der Waals surface area contributed by atoms with Gasteiger partial charge in [-0.2, -0.15) is 13.2 Å². The Bertz CT molecular complexity index is 384. The lowest BCUT2D eigenvalue weighted by Gasteiger charge is -2.12. The van der Waals surface area contributed by atoms with E-state index in [4.69, 9.17) is 11.1 Å². The van der Waals surface area contributed by atoms with Crippen LogP contribution in [0, 0.1) is 11.2 Å². The topological polar surface area (TPSA) is 49.9 Å². The molecule has 0 saturated carbocycles. The summed E-state index contributed by atoms with van der Waals surface area (Å²) in [6, 6.07) is 2.12. The molecule has 0 radical (unpaired) electrons. The molecule has 0 aliphatic carbocycles. The first kappa shape index (κ1) is 11.5. The van der Waals surface area contributed by atoms with E-state index >= 15 is 0 Å². The fourth-order valence-electron chi connectivity index (χ4n) is 1.19. The summed E-state index contributed by atoms with van der Waals surface area (Å²) in [6.45, 7) is 0. The lowest BCUT2D eigenvalue weighted by molar-refractivity contribution is -0.138. The number of alkyl halides is 3. The molecule has 2 nitrogen and oxygen atoms in total. The number of benzene rings is 1. The van der Waals surface area contributed by atoms with E-state index in [1.54, 1.807) is 0 Å². The van der Waals surface area contributed by atoms with Crippen LogP contribution in [0.25, 0.3) is 0 Å². The normalized spacial score (nSPS) is 11.5. The molecule has 0 aliphatic rings. The summed E-state index contributed by atoms with van der Waals surface area (Å²) in [4.78, 5) is 0. The van der Waals surface area contributed by atoms with Crippen molar-refractivity contribution in [2.75, 3.05) is 0 Å². The van der Waals surface area contributed by atoms with Gasteiger partial charge in [-0.25, -0.2) is 4.39 Å². The van der Waals surface area contributed by atoms with Crippen molar-refractivity contribution in [2.24, 2.45) is 5.73 Å². The van der Waals surface area contributed by atoms with Crippen molar-refractivity contribution < 1.29 is 17.6 Å². The maximum absolute atomic E-state index is 12.7. The van der Waals surface area contributed by atoms with Gasteiger partial charge < -0.3 is 5.73 Å². The molecule has 0 aliphatic heterocycles. The summed E-state index contributed by atoms with van der Waals surface area (Å²) in [5.41, 5.74) is 3.70. The molecule has 6 heteroatoms. The minimum Gasteiger partial charge on any atom is -0.387 e. The van der Waals surface area contributed by atoms with E-state index in [1.807, 2.05) is 0 Å². The highest BCUT2D eigenvalue weighted by Gasteiger charge is 2.33. The maximum atomic E-state index is 12.7. The Morgan fingerprint density at radius 3 is 2.40 bits per heavy atom. The van der Waals surface area contributed by atoms with Crippen molar-refractivity contribution in [2.45, 2.75) is 12.6 Å². The monoisotopic (exact) mass is 220 g/mol. The number of nitrogens with one attached hydrogen (secondary N) is 1. The van der Waals surface area contributed by atoms with Gasteiger partial charge >= 0.3 is 6.18 Å². The van der Waals surface area contributed by atoms with Crippen LogP contribution in [0.4, 0.5) is 17.6 Å². The van der Waals surface area contributed by atoms with E-state index in [2.05, 4.69) is 0 Å². The number of nitrogens with two attached hydrogens (primary N) is 1. The molecule has 0 bridgehead atoms. The van der Waals surface area contributed by atoms with Crippen LogP contribution in [0.3, 0.4) is 0 Å². The number of rotatable bonds is 2. The fraction of sp³-hybridized carbons (Fsp3) is 0.222. The third-order valence-corrected chi connectivity index (χ3v) is 1.75. The van der Waals surface area contributed by atoms with Crippen molar-refractivity contribution >= 4 is 5.84 Å². The quantitative estimate of drug-likeness (QED) is 0.448. The molecule has 0 unspecified atom stereocenters. The van der Waals surface area contributed by atoms with E-state index in [1.165, 1.54) is 0 Å². The molecule has 1 aromatic rings. The number of hydrogen-bond acceptors (Lipinski definition) is 1. The Morgan fingerprint density at radius 2 is 1.93 bits per heavy atom. The zero-order valence-electron chi connectivity index (χ0n) is 7.53. The Hall–Kier alpha value is -1.59. The Morgan fingerprint density at radius 1 is 1.33 bits per heavy atom. The first-order valence-electron chi connectivity index (χ1n) is 3.99. The summed E-state index contributed by atoms with van der Waals surface area (Å²) < 4.78 is 49.9. The average molecular weight is 220 g/mol. The molecule has 0 fully saturated rings. The minimum absolute atomic E-state index is 0.324. The maximum Gasteiger partial charge on any atom is 0.416 e. The smallest absolute Gasteiger partial charge is 0.387 e. The van der Waals surface area contributed by atoms with Crippen molar-refractivity contribution in [3.8, 4) is 0 Å². The molecule has 15 heavy (non-hydrogen) atoms. The first-order valence-corrected chi connectivity index (χ1v) is 3.99. The van der Waals surface area contributed by atoms with Crippen molar-refractivity contribution in [1.29, 1.82) is 5.41 Å². The predicted molar refractivity (Wildman–Crippen MR) is 47.0 cm³/mol. The molecular weight excluding hydrogens is 212 g/mol. The third kappa shape index (κ3) is 2.93. The van der Waals surface area contributed by atoms with Crippen LogP contribution < -0.4 is 5.73 Å². The minimum atomic E-state index is -4.56. The van der Waals surface area contributed by atoms with E-state index in [-0.39, 0.29) is 5.56 Å². The highest BCUT2D eigenvalue weighted by atomic mass is 19.4. The van der Waals surface area contributed by atoms with E-state index in [9.17, 15) is 17.6 Å². The van der Waals surface area contributed by atoms with Crippen LogP contribution in [-0.4, -0.2) is 5.84 Å². The van der Waals surface area contributed by atoms with Crippen LogP contribution in [-0.2, 0) is 12.6 Å². The molecular formula is C9H8F4N2. The molecule has 0 atom stereocenters. The molecule has 0 saturated heterocycles. The van der Waals surface area contributed by atoms with Gasteiger partial charge in [0.15, 0.2) is 0 Å². The molecule has 0 amide bonds. The van der Waals surface area contributed by atoms with Crippen molar-refractivity contribution in [3.63, 3.8) is 0 Å². The van der Waals surface area contributed by atoms with Gasteiger partial charge in [0, 0.05) is 6.42 Å². The summed E-state index contributed by atoms with van der Waals surface area (Å²) in [5.74, 6) is -1.22. The van der Waals surface area contributed by atoms with Crippen LogP contribution >= 0.6 is 0 Å². The standard InChI is InChI=1S/C9H8F4N2/c10-6-1-2-7(9(11,12)13)5(3-6)4-8(14)15/h1-3H,4H2,(H3,14,15). The molecule has 1 aromatic carbocycles. The number of amidine groups is 1. The fourth-order valence-corrected chi connectivity index (χ4v) is 1.19. The van der Waals surface area contributed by atoms with Crippen LogP contribution in [0.5, 0.6) is 0 Å². The zero-order chi connectivity index (χ0) is 11.6. The lowest BCUT2D eigenvalue weighted by atomic mass is 10.0. The van der Waals surface area contributed by atoms with Crippen LogP contribution in [0.1, 0.15) is 11.1 Å². The van der Waals surface area contributed by atoms with Gasteiger partial charge in [0.05, 0.1) is 11.4 Å². The van der Waals surface area contributed by atoms with Gasteiger partial charge in [0.25, 0.3) is 0 Å². The molecule has 3 N–H and O–H groups in total. The van der Waals surface area contributed by atoms with Gasteiger partial charge in [-0.15, -0.1) is 0 Å². The van der Waals surface area contributed by atoms with E-state index in [0.29, 0.717) is 6.07 Å². The van der Waals surface area contributed by atoms with Gasteiger partial charge in [-0.1, -0.05) is 0 Å².